The first-order chi connectivity index (χ1) is 16.8. The van der Waals surface area contributed by atoms with Crippen molar-refractivity contribution in [2.45, 2.75) is 13.0 Å². The first kappa shape index (κ1) is 24.6. The summed E-state index contributed by atoms with van der Waals surface area (Å²) in [5.41, 5.74) is 1.55. The third-order valence-corrected chi connectivity index (χ3v) is 7.26. The summed E-state index contributed by atoms with van der Waals surface area (Å²) >= 11 is 6.93. The largest absolute Gasteiger partial charge is 0.493 e. The van der Waals surface area contributed by atoms with Crippen LogP contribution < -0.4 is 15.0 Å². The summed E-state index contributed by atoms with van der Waals surface area (Å²) in [6.45, 7) is 1.42. The van der Waals surface area contributed by atoms with Gasteiger partial charge >= 0.3 is 5.97 Å². The minimum absolute atomic E-state index is 0.223. The van der Waals surface area contributed by atoms with E-state index >= 15 is 0 Å². The molecule has 8 nitrogen and oxygen atoms in total. The number of nitrogens with zero attached hydrogens (tertiary/aromatic N) is 3. The predicted octanol–water partition coefficient (Wildman–Crippen LogP) is 5.33. The molecule has 178 valence electrons. The number of carboxylic acids is 1. The van der Waals surface area contributed by atoms with Gasteiger partial charge in [-0.1, -0.05) is 42.5 Å². The predicted molar refractivity (Wildman–Crippen MR) is 141 cm³/mol. The number of para-hydroxylation sites is 1. The molecular weight excluding hydrogens is 582 g/mol. The van der Waals surface area contributed by atoms with Crippen molar-refractivity contribution in [2.75, 3.05) is 7.11 Å². The van der Waals surface area contributed by atoms with Crippen molar-refractivity contribution in [2.24, 2.45) is 5.10 Å². The fraction of sp³-hybridized carbons (Fsp3) is 0.120. The fourth-order valence-corrected chi connectivity index (χ4v) is 4.23. The zero-order valence-electron chi connectivity index (χ0n) is 18.6. The van der Waals surface area contributed by atoms with Crippen LogP contribution in [0.25, 0.3) is 22.3 Å². The third-order valence-electron chi connectivity index (χ3n) is 5.12. The standard InChI is InChI=1S/C25H19Br2N3O5/c1-14(25(32)33)35-22-19(34-2)12-16(20(26)21(22)27)13-28-30-23(15-8-4-3-5-9-15)29-18-11-7-6-10-17(18)24(30)31/h3-14H,1-2H3,(H,32,33)/t14-/m1/s1. The van der Waals surface area contributed by atoms with Gasteiger partial charge in [0, 0.05) is 15.6 Å². The summed E-state index contributed by atoms with van der Waals surface area (Å²) in [5.74, 6) is -0.205. The van der Waals surface area contributed by atoms with E-state index < -0.39 is 12.1 Å². The Morgan fingerprint density at radius 2 is 1.80 bits per heavy atom. The summed E-state index contributed by atoms with van der Waals surface area (Å²) in [6, 6.07) is 18.0. The summed E-state index contributed by atoms with van der Waals surface area (Å²) in [7, 11) is 1.44. The second-order valence-electron chi connectivity index (χ2n) is 7.40. The van der Waals surface area contributed by atoms with Crippen molar-refractivity contribution < 1.29 is 19.4 Å². The van der Waals surface area contributed by atoms with Crippen LogP contribution in [-0.2, 0) is 4.79 Å². The van der Waals surface area contributed by atoms with Crippen molar-refractivity contribution in [1.82, 2.24) is 9.66 Å². The van der Waals surface area contributed by atoms with E-state index in [9.17, 15) is 14.7 Å². The van der Waals surface area contributed by atoms with Crippen molar-refractivity contribution in [3.8, 4) is 22.9 Å². The number of benzene rings is 3. The molecule has 0 unspecified atom stereocenters. The summed E-state index contributed by atoms with van der Waals surface area (Å²) in [4.78, 5) is 29.3. The number of fused-ring (bicyclic) bond motifs is 1. The number of aromatic nitrogens is 2. The van der Waals surface area contributed by atoms with Crippen molar-refractivity contribution in [3.63, 3.8) is 0 Å². The molecule has 0 aliphatic heterocycles. The van der Waals surface area contributed by atoms with E-state index in [-0.39, 0.29) is 11.3 Å². The highest BCUT2D eigenvalue weighted by atomic mass is 79.9. The monoisotopic (exact) mass is 599 g/mol. The van der Waals surface area contributed by atoms with Crippen LogP contribution in [0, 0.1) is 0 Å². The van der Waals surface area contributed by atoms with Gasteiger partial charge in [-0.2, -0.15) is 9.78 Å². The van der Waals surface area contributed by atoms with Crippen molar-refractivity contribution in [3.05, 3.63) is 85.5 Å². The maximum atomic E-state index is 13.3. The van der Waals surface area contributed by atoms with Gasteiger partial charge in [0.25, 0.3) is 5.56 Å². The van der Waals surface area contributed by atoms with Crippen LogP contribution in [0.3, 0.4) is 0 Å². The van der Waals surface area contributed by atoms with Gasteiger partial charge < -0.3 is 14.6 Å². The second kappa shape index (κ2) is 10.4. The smallest absolute Gasteiger partial charge is 0.344 e. The normalized spacial score (nSPS) is 12.1. The molecule has 0 saturated carbocycles. The zero-order chi connectivity index (χ0) is 25.1. The van der Waals surface area contributed by atoms with Gasteiger partial charge in [0.05, 0.1) is 28.7 Å². The van der Waals surface area contributed by atoms with E-state index in [1.807, 2.05) is 36.4 Å². The molecule has 0 bridgehead atoms. The van der Waals surface area contributed by atoms with Crippen LogP contribution in [0.15, 0.2) is 79.5 Å². The maximum absolute atomic E-state index is 13.3. The van der Waals surface area contributed by atoms with E-state index in [1.54, 1.807) is 24.3 Å². The Kier molecular flexibility index (Phi) is 7.32. The average molecular weight is 601 g/mol. The number of carboxylic acid groups (broad SMARTS) is 1. The number of rotatable bonds is 7. The lowest BCUT2D eigenvalue weighted by Gasteiger charge is -2.17. The Hall–Kier alpha value is -3.50. The van der Waals surface area contributed by atoms with E-state index in [4.69, 9.17) is 9.47 Å². The highest BCUT2D eigenvalue weighted by Crippen LogP contribution is 2.42. The third kappa shape index (κ3) is 4.98. The Balaban J connectivity index is 1.86. The maximum Gasteiger partial charge on any atom is 0.344 e. The summed E-state index contributed by atoms with van der Waals surface area (Å²) in [5, 5.41) is 14.1. The number of hydrogen-bond donors (Lipinski definition) is 1. The lowest BCUT2D eigenvalue weighted by atomic mass is 10.2. The highest BCUT2D eigenvalue weighted by molar-refractivity contribution is 9.13. The van der Waals surface area contributed by atoms with Crippen LogP contribution in [0.1, 0.15) is 12.5 Å². The van der Waals surface area contributed by atoms with Crippen molar-refractivity contribution in [1.29, 1.82) is 0 Å². The quantitative estimate of drug-likeness (QED) is 0.288. The molecule has 0 aliphatic carbocycles. The van der Waals surface area contributed by atoms with Gasteiger partial charge in [0.15, 0.2) is 23.4 Å². The van der Waals surface area contributed by atoms with Crippen molar-refractivity contribution >= 4 is 54.9 Å². The second-order valence-corrected chi connectivity index (χ2v) is 8.99. The Labute approximate surface area is 217 Å². The zero-order valence-corrected chi connectivity index (χ0v) is 21.8. The number of carbonyl (C=O) groups is 1. The SMILES string of the molecule is COc1cc(C=Nn2c(-c3ccccc3)nc3ccccc3c2=O)c(Br)c(Br)c1O[C@H](C)C(=O)O. The Bertz CT molecular complexity index is 1500. The molecule has 1 aromatic heterocycles. The average Bonchev–Trinajstić information content (AvgIpc) is 2.87. The molecule has 0 aliphatic rings. The molecule has 1 atom stereocenters. The van der Waals surface area contributed by atoms with Gasteiger partial charge in [-0.25, -0.2) is 9.78 Å². The summed E-state index contributed by atoms with van der Waals surface area (Å²) < 4.78 is 13.2. The molecular formula is C25H19Br2N3O5. The number of ether oxygens (including phenoxy) is 2. The van der Waals surface area contributed by atoms with E-state index in [0.29, 0.717) is 37.0 Å². The van der Waals surface area contributed by atoms with Crippen LogP contribution >= 0.6 is 31.9 Å². The molecule has 0 saturated heterocycles. The first-order valence-electron chi connectivity index (χ1n) is 10.4. The first-order valence-corrected chi connectivity index (χ1v) is 12.0. The molecule has 3 aromatic carbocycles. The molecule has 0 amide bonds. The number of aliphatic carboxylic acids is 1. The molecule has 1 heterocycles. The Morgan fingerprint density at radius 1 is 1.11 bits per heavy atom. The lowest BCUT2D eigenvalue weighted by Crippen LogP contribution is -2.23. The van der Waals surface area contributed by atoms with Crippen LogP contribution in [0.5, 0.6) is 11.5 Å². The molecule has 10 heteroatoms. The molecule has 35 heavy (non-hydrogen) atoms. The topological polar surface area (TPSA) is 103 Å². The molecule has 0 spiro atoms. The Morgan fingerprint density at radius 3 is 2.49 bits per heavy atom. The summed E-state index contributed by atoms with van der Waals surface area (Å²) in [6.07, 6.45) is 0.397. The molecule has 1 N–H and O–H groups in total. The number of methoxy groups -OCH3 is 1. The van der Waals surface area contributed by atoms with Gasteiger partial charge in [-0.15, -0.1) is 0 Å². The highest BCUT2D eigenvalue weighted by Gasteiger charge is 2.22. The number of halogens is 2. The van der Waals surface area contributed by atoms with Crippen LogP contribution in [0.2, 0.25) is 0 Å². The fourth-order valence-electron chi connectivity index (χ4n) is 3.31. The molecule has 4 rings (SSSR count). The minimum atomic E-state index is -1.11. The number of hydrogen-bond acceptors (Lipinski definition) is 6. The van der Waals surface area contributed by atoms with E-state index in [1.165, 1.54) is 24.9 Å². The molecule has 4 aromatic rings. The molecule has 0 radical (unpaired) electrons. The molecule has 0 fully saturated rings. The lowest BCUT2D eigenvalue weighted by molar-refractivity contribution is -0.144. The van der Waals surface area contributed by atoms with Crippen LogP contribution in [-0.4, -0.2) is 40.2 Å². The van der Waals surface area contributed by atoms with Crippen LogP contribution in [0.4, 0.5) is 0 Å². The van der Waals surface area contributed by atoms with Gasteiger partial charge in [-0.3, -0.25) is 4.79 Å². The van der Waals surface area contributed by atoms with E-state index in [2.05, 4.69) is 41.9 Å². The minimum Gasteiger partial charge on any atom is -0.493 e. The van der Waals surface area contributed by atoms with Gasteiger partial charge in [0.1, 0.15) is 0 Å². The van der Waals surface area contributed by atoms with E-state index in [0.717, 1.165) is 5.56 Å². The van der Waals surface area contributed by atoms with Gasteiger partial charge in [-0.05, 0) is 57.0 Å². The van der Waals surface area contributed by atoms with Gasteiger partial charge in [0.2, 0.25) is 0 Å².